The van der Waals surface area contributed by atoms with Gasteiger partial charge in [-0.3, -0.25) is 0 Å². The van der Waals surface area contributed by atoms with Crippen LogP contribution in [-0.4, -0.2) is 33.5 Å². The van der Waals surface area contributed by atoms with Crippen molar-refractivity contribution in [3.63, 3.8) is 0 Å². The van der Waals surface area contributed by atoms with Gasteiger partial charge in [-0.25, -0.2) is 15.0 Å². The van der Waals surface area contributed by atoms with Gasteiger partial charge in [-0.2, -0.15) is 0 Å². The lowest BCUT2D eigenvalue weighted by Gasteiger charge is -1.93. The van der Waals surface area contributed by atoms with Gasteiger partial charge in [0.05, 0.1) is 0 Å². The summed E-state index contributed by atoms with van der Waals surface area (Å²) in [6.07, 6.45) is 2.24. The van der Waals surface area contributed by atoms with Crippen LogP contribution in [0.5, 0.6) is 0 Å². The molecule has 0 aliphatic heterocycles. The van der Waals surface area contributed by atoms with Crippen LogP contribution >= 0.6 is 0 Å². The Labute approximate surface area is 81.0 Å². The minimum absolute atomic E-state index is 0.443. The summed E-state index contributed by atoms with van der Waals surface area (Å²) in [7, 11) is 1.90. The minimum Gasteiger partial charge on any atom is -0.382 e. The number of imidazole rings is 1. The highest BCUT2D eigenvalue weighted by Gasteiger charge is 2.06. The molecule has 0 atom stereocenters. The van der Waals surface area contributed by atoms with Crippen molar-refractivity contribution in [2.45, 2.75) is 6.42 Å². The topological polar surface area (TPSA) is 92.5 Å². The number of aromatic amines is 1. The summed E-state index contributed by atoms with van der Waals surface area (Å²) < 4.78 is 0. The van der Waals surface area contributed by atoms with Gasteiger partial charge in [0.1, 0.15) is 17.7 Å². The van der Waals surface area contributed by atoms with Gasteiger partial charge < -0.3 is 16.0 Å². The second-order valence-electron chi connectivity index (χ2n) is 2.99. The third-order valence-electron chi connectivity index (χ3n) is 1.98. The predicted octanol–water partition coefficient (Wildman–Crippen LogP) is -0.303. The Kier molecular flexibility index (Phi) is 2.28. The van der Waals surface area contributed by atoms with Gasteiger partial charge in [-0.15, -0.1) is 0 Å². The van der Waals surface area contributed by atoms with E-state index >= 15 is 0 Å². The summed E-state index contributed by atoms with van der Waals surface area (Å²) in [6.45, 7) is 0.868. The number of hydrogen-bond acceptors (Lipinski definition) is 5. The zero-order chi connectivity index (χ0) is 9.97. The number of anilines is 1. The first kappa shape index (κ1) is 8.89. The summed E-state index contributed by atoms with van der Waals surface area (Å²) in [5, 5.41) is 3.05. The molecule has 0 aliphatic carbocycles. The first-order chi connectivity index (χ1) is 6.81. The maximum atomic E-state index is 5.66. The molecule has 0 aromatic carbocycles. The van der Waals surface area contributed by atoms with Crippen molar-refractivity contribution in [1.29, 1.82) is 0 Å². The molecule has 0 saturated carbocycles. The van der Waals surface area contributed by atoms with E-state index in [0.717, 1.165) is 24.3 Å². The quantitative estimate of drug-likeness (QED) is 0.620. The van der Waals surface area contributed by atoms with E-state index in [1.807, 2.05) is 7.05 Å². The summed E-state index contributed by atoms with van der Waals surface area (Å²) in [4.78, 5) is 15.3. The van der Waals surface area contributed by atoms with Gasteiger partial charge in [0, 0.05) is 13.0 Å². The summed E-state index contributed by atoms with van der Waals surface area (Å²) in [5.74, 6) is 1.32. The Morgan fingerprint density at radius 3 is 3.07 bits per heavy atom. The van der Waals surface area contributed by atoms with Crippen molar-refractivity contribution in [2.75, 3.05) is 19.3 Å². The summed E-state index contributed by atoms with van der Waals surface area (Å²) >= 11 is 0. The van der Waals surface area contributed by atoms with Crippen molar-refractivity contribution >= 4 is 17.0 Å². The fourth-order valence-corrected chi connectivity index (χ4v) is 1.26. The number of aromatic nitrogens is 4. The summed E-state index contributed by atoms with van der Waals surface area (Å²) in [6, 6.07) is 0. The molecule has 6 nitrogen and oxygen atoms in total. The standard InChI is InChI=1S/C8H12N6/c1-10-3-2-5-13-6-7(9)11-4-12-8(6)14-5/h4,10H,2-3H2,1H3,(H3,9,11,12,13,14). The van der Waals surface area contributed by atoms with Crippen LogP contribution < -0.4 is 11.1 Å². The molecule has 2 heterocycles. The number of hydrogen-bond donors (Lipinski definition) is 3. The fourth-order valence-electron chi connectivity index (χ4n) is 1.26. The number of H-pyrrole nitrogens is 1. The van der Waals surface area contributed by atoms with Gasteiger partial charge in [0.2, 0.25) is 0 Å². The highest BCUT2D eigenvalue weighted by molar-refractivity contribution is 5.80. The van der Waals surface area contributed by atoms with Crippen molar-refractivity contribution in [1.82, 2.24) is 25.3 Å². The second kappa shape index (κ2) is 3.59. The van der Waals surface area contributed by atoms with Crippen LogP contribution in [-0.2, 0) is 6.42 Å². The van der Waals surface area contributed by atoms with Gasteiger partial charge in [-0.1, -0.05) is 0 Å². The van der Waals surface area contributed by atoms with Crippen molar-refractivity contribution in [3.05, 3.63) is 12.2 Å². The number of nitrogens with one attached hydrogen (secondary N) is 2. The smallest absolute Gasteiger partial charge is 0.183 e. The van der Waals surface area contributed by atoms with Crippen LogP contribution in [0.2, 0.25) is 0 Å². The Bertz CT molecular complexity index is 434. The van der Waals surface area contributed by atoms with Crippen LogP contribution in [0.4, 0.5) is 5.82 Å². The Morgan fingerprint density at radius 1 is 1.50 bits per heavy atom. The molecule has 0 radical (unpaired) electrons. The molecule has 2 aromatic rings. The molecule has 4 N–H and O–H groups in total. The van der Waals surface area contributed by atoms with Crippen LogP contribution in [0.1, 0.15) is 5.82 Å². The van der Waals surface area contributed by atoms with Gasteiger partial charge in [0.25, 0.3) is 0 Å². The molecule has 0 saturated heterocycles. The largest absolute Gasteiger partial charge is 0.382 e. The first-order valence-electron chi connectivity index (χ1n) is 4.41. The molecule has 0 aliphatic rings. The predicted molar refractivity (Wildman–Crippen MR) is 53.7 cm³/mol. The fraction of sp³-hybridized carbons (Fsp3) is 0.375. The molecule has 74 valence electrons. The van der Waals surface area contributed by atoms with E-state index in [9.17, 15) is 0 Å². The van der Waals surface area contributed by atoms with E-state index in [2.05, 4.69) is 25.3 Å². The van der Waals surface area contributed by atoms with Gasteiger partial charge >= 0.3 is 0 Å². The average Bonchev–Trinajstić information content (AvgIpc) is 2.59. The van der Waals surface area contributed by atoms with Gasteiger partial charge in [0.15, 0.2) is 11.5 Å². The van der Waals surface area contributed by atoms with E-state index in [-0.39, 0.29) is 0 Å². The maximum absolute atomic E-state index is 5.66. The van der Waals surface area contributed by atoms with Gasteiger partial charge in [-0.05, 0) is 7.05 Å². The number of rotatable bonds is 3. The molecule has 2 aromatic heterocycles. The molecule has 6 heteroatoms. The van der Waals surface area contributed by atoms with Crippen molar-refractivity contribution in [2.24, 2.45) is 0 Å². The van der Waals surface area contributed by atoms with Crippen LogP contribution in [0, 0.1) is 0 Å². The van der Waals surface area contributed by atoms with E-state index in [1.54, 1.807) is 0 Å². The monoisotopic (exact) mass is 192 g/mol. The second-order valence-corrected chi connectivity index (χ2v) is 2.99. The van der Waals surface area contributed by atoms with E-state index in [4.69, 9.17) is 5.73 Å². The van der Waals surface area contributed by atoms with Crippen LogP contribution in [0.25, 0.3) is 11.2 Å². The minimum atomic E-state index is 0.443. The Balaban J connectivity index is 2.36. The molecule has 0 unspecified atom stereocenters. The number of nitrogens with two attached hydrogens (primary N) is 1. The normalized spacial score (nSPS) is 10.9. The SMILES string of the molecule is CNCCc1nc2ncnc(N)c2[nH]1. The van der Waals surface area contributed by atoms with Crippen LogP contribution in [0.15, 0.2) is 6.33 Å². The zero-order valence-electron chi connectivity index (χ0n) is 7.91. The third kappa shape index (κ3) is 1.51. The molecule has 0 fully saturated rings. The molecular weight excluding hydrogens is 180 g/mol. The van der Waals surface area contributed by atoms with E-state index in [0.29, 0.717) is 11.5 Å². The number of nitrogen functional groups attached to an aromatic ring is 1. The Hall–Kier alpha value is -1.69. The zero-order valence-corrected chi connectivity index (χ0v) is 7.91. The Morgan fingerprint density at radius 2 is 2.36 bits per heavy atom. The lowest BCUT2D eigenvalue weighted by atomic mass is 10.4. The van der Waals surface area contributed by atoms with Crippen molar-refractivity contribution in [3.8, 4) is 0 Å². The number of fused-ring (bicyclic) bond motifs is 1. The highest BCUT2D eigenvalue weighted by atomic mass is 15.0. The molecule has 14 heavy (non-hydrogen) atoms. The molecule has 0 amide bonds. The lowest BCUT2D eigenvalue weighted by Crippen LogP contribution is -2.10. The molecule has 0 bridgehead atoms. The molecule has 0 spiro atoms. The number of likely N-dealkylation sites (N-methyl/N-ethyl adjacent to an activating group) is 1. The van der Waals surface area contributed by atoms with Crippen LogP contribution in [0.3, 0.4) is 0 Å². The van der Waals surface area contributed by atoms with E-state index < -0.39 is 0 Å². The summed E-state index contributed by atoms with van der Waals surface area (Å²) in [5.41, 5.74) is 7.01. The number of nitrogens with zero attached hydrogens (tertiary/aromatic N) is 3. The third-order valence-corrected chi connectivity index (χ3v) is 1.98. The molecule has 2 rings (SSSR count). The molecular formula is C8H12N6. The maximum Gasteiger partial charge on any atom is 0.183 e. The van der Waals surface area contributed by atoms with E-state index in [1.165, 1.54) is 6.33 Å². The highest BCUT2D eigenvalue weighted by Crippen LogP contribution is 2.12. The average molecular weight is 192 g/mol. The van der Waals surface area contributed by atoms with Crippen molar-refractivity contribution < 1.29 is 0 Å². The first-order valence-corrected chi connectivity index (χ1v) is 4.41. The lowest BCUT2D eigenvalue weighted by molar-refractivity contribution is 0.766.